The zero-order valence-corrected chi connectivity index (χ0v) is 12.3. The summed E-state index contributed by atoms with van der Waals surface area (Å²) in [6.45, 7) is 3.85. The van der Waals surface area contributed by atoms with Gasteiger partial charge in [-0.3, -0.25) is 5.43 Å². The van der Waals surface area contributed by atoms with Crippen LogP contribution in [0.25, 0.3) is 0 Å². The van der Waals surface area contributed by atoms with Crippen LogP contribution in [0.15, 0.2) is 0 Å². The Balaban J connectivity index is 2.22. The number of nitrogens with zero attached hydrogens (tertiary/aromatic N) is 4. The first-order valence-electron chi connectivity index (χ1n) is 6.30. The number of hydrogen-bond acceptors (Lipinski definition) is 8. The maximum absolute atomic E-state index is 5.52. The van der Waals surface area contributed by atoms with Crippen molar-refractivity contribution in [2.75, 3.05) is 28.9 Å². The molecule has 0 spiro atoms. The molecule has 0 aliphatic carbocycles. The standard InChI is InChI=1S/C11H20N6OS/c1-7(2)18-11-14-9(16-12)13-10(15-11)17(3)8-4-5-19-6-8/h7-8H,4-6,12H2,1-3H3,(H,13,14,15,16). The first kappa shape index (κ1) is 14.1. The molecule has 1 aliphatic rings. The molecular formula is C11H20N6OS. The number of nitrogen functional groups attached to an aromatic ring is 1. The summed E-state index contributed by atoms with van der Waals surface area (Å²) in [5, 5.41) is 0. The minimum absolute atomic E-state index is 0.00761. The second-order valence-electron chi connectivity index (χ2n) is 4.68. The number of hydrazine groups is 1. The number of nitrogens with one attached hydrogen (secondary N) is 1. The van der Waals surface area contributed by atoms with E-state index < -0.39 is 0 Å². The Hall–Kier alpha value is -1.28. The lowest BCUT2D eigenvalue weighted by Crippen LogP contribution is -2.33. The highest BCUT2D eigenvalue weighted by Gasteiger charge is 2.23. The Morgan fingerprint density at radius 3 is 2.79 bits per heavy atom. The van der Waals surface area contributed by atoms with Crippen LogP contribution in [-0.2, 0) is 0 Å². The number of thioether (sulfide) groups is 1. The molecule has 1 saturated heterocycles. The van der Waals surface area contributed by atoms with Crippen LogP contribution < -0.4 is 20.9 Å². The normalized spacial score (nSPS) is 18.7. The van der Waals surface area contributed by atoms with E-state index in [1.165, 1.54) is 5.75 Å². The van der Waals surface area contributed by atoms with Crippen molar-refractivity contribution in [2.24, 2.45) is 5.84 Å². The number of anilines is 2. The van der Waals surface area contributed by atoms with E-state index in [9.17, 15) is 0 Å². The largest absolute Gasteiger partial charge is 0.461 e. The van der Waals surface area contributed by atoms with Gasteiger partial charge in [0.05, 0.1) is 6.10 Å². The molecule has 106 valence electrons. The molecule has 1 fully saturated rings. The van der Waals surface area contributed by atoms with Gasteiger partial charge < -0.3 is 9.64 Å². The van der Waals surface area contributed by atoms with Gasteiger partial charge in [-0.2, -0.15) is 26.7 Å². The summed E-state index contributed by atoms with van der Waals surface area (Å²) in [5.74, 6) is 8.57. The minimum Gasteiger partial charge on any atom is -0.461 e. The summed E-state index contributed by atoms with van der Waals surface area (Å²) in [6.07, 6.45) is 1.15. The van der Waals surface area contributed by atoms with Crippen LogP contribution in [0, 0.1) is 0 Å². The van der Waals surface area contributed by atoms with Crippen LogP contribution in [0.3, 0.4) is 0 Å². The molecule has 0 radical (unpaired) electrons. The number of nitrogens with two attached hydrogens (primary N) is 1. The molecule has 2 rings (SSSR count). The van der Waals surface area contributed by atoms with E-state index in [4.69, 9.17) is 10.6 Å². The highest BCUT2D eigenvalue weighted by Crippen LogP contribution is 2.25. The maximum Gasteiger partial charge on any atom is 0.323 e. The van der Waals surface area contributed by atoms with Gasteiger partial charge in [0, 0.05) is 18.8 Å². The third-order valence-corrected chi connectivity index (χ3v) is 3.99. The van der Waals surface area contributed by atoms with Crippen molar-refractivity contribution in [3.05, 3.63) is 0 Å². The van der Waals surface area contributed by atoms with Crippen LogP contribution >= 0.6 is 11.8 Å². The fourth-order valence-corrected chi connectivity index (χ4v) is 3.09. The van der Waals surface area contributed by atoms with Crippen LogP contribution in [0.1, 0.15) is 20.3 Å². The molecule has 1 aromatic heterocycles. The van der Waals surface area contributed by atoms with E-state index in [2.05, 4.69) is 25.3 Å². The maximum atomic E-state index is 5.52. The fraction of sp³-hybridized carbons (Fsp3) is 0.727. The van der Waals surface area contributed by atoms with Crippen molar-refractivity contribution in [2.45, 2.75) is 32.4 Å². The van der Waals surface area contributed by atoms with Crippen LogP contribution in [-0.4, -0.2) is 45.7 Å². The molecule has 0 amide bonds. The van der Waals surface area contributed by atoms with Crippen molar-refractivity contribution in [3.63, 3.8) is 0 Å². The molecule has 2 heterocycles. The molecule has 1 aromatic rings. The van der Waals surface area contributed by atoms with Gasteiger partial charge in [0.1, 0.15) is 0 Å². The molecular weight excluding hydrogens is 264 g/mol. The summed E-state index contributed by atoms with van der Waals surface area (Å²) in [6, 6.07) is 0.746. The number of hydrogen-bond donors (Lipinski definition) is 2. The molecule has 1 aliphatic heterocycles. The topological polar surface area (TPSA) is 89.2 Å². The van der Waals surface area contributed by atoms with Gasteiger partial charge in [-0.25, -0.2) is 5.84 Å². The van der Waals surface area contributed by atoms with Crippen LogP contribution in [0.5, 0.6) is 6.01 Å². The molecule has 3 N–H and O–H groups in total. The Kier molecular flexibility index (Phi) is 4.65. The highest BCUT2D eigenvalue weighted by molar-refractivity contribution is 7.99. The average Bonchev–Trinajstić information content (AvgIpc) is 2.90. The van der Waals surface area contributed by atoms with Crippen LogP contribution in [0.2, 0.25) is 0 Å². The quantitative estimate of drug-likeness (QED) is 0.608. The van der Waals surface area contributed by atoms with E-state index in [1.54, 1.807) is 0 Å². The molecule has 19 heavy (non-hydrogen) atoms. The first-order valence-corrected chi connectivity index (χ1v) is 7.45. The summed E-state index contributed by atoms with van der Waals surface area (Å²) in [4.78, 5) is 14.8. The predicted molar refractivity (Wildman–Crippen MR) is 77.5 cm³/mol. The van der Waals surface area contributed by atoms with Gasteiger partial charge >= 0.3 is 6.01 Å². The molecule has 7 nitrogen and oxygen atoms in total. The zero-order valence-electron chi connectivity index (χ0n) is 11.5. The van der Waals surface area contributed by atoms with E-state index >= 15 is 0 Å². The third kappa shape index (κ3) is 3.60. The van der Waals surface area contributed by atoms with E-state index in [0.29, 0.717) is 23.9 Å². The van der Waals surface area contributed by atoms with Crippen molar-refractivity contribution in [3.8, 4) is 6.01 Å². The van der Waals surface area contributed by atoms with Gasteiger partial charge in [0.2, 0.25) is 11.9 Å². The van der Waals surface area contributed by atoms with Gasteiger partial charge in [-0.05, 0) is 26.0 Å². The fourth-order valence-electron chi connectivity index (χ4n) is 1.82. The van der Waals surface area contributed by atoms with E-state index in [-0.39, 0.29) is 6.10 Å². The molecule has 1 unspecified atom stereocenters. The SMILES string of the molecule is CC(C)Oc1nc(NN)nc(N(C)C2CCSC2)n1. The molecule has 1 atom stereocenters. The first-order chi connectivity index (χ1) is 9.10. The summed E-state index contributed by atoms with van der Waals surface area (Å²) >= 11 is 1.95. The van der Waals surface area contributed by atoms with Gasteiger partial charge in [-0.15, -0.1) is 0 Å². The monoisotopic (exact) mass is 284 g/mol. The van der Waals surface area contributed by atoms with Gasteiger partial charge in [-0.1, -0.05) is 0 Å². The minimum atomic E-state index is 0.00761. The number of aromatic nitrogens is 3. The number of ether oxygens (including phenoxy) is 1. The van der Waals surface area contributed by atoms with Gasteiger partial charge in [0.25, 0.3) is 0 Å². The average molecular weight is 284 g/mol. The van der Waals surface area contributed by atoms with E-state index in [1.807, 2.05) is 32.7 Å². The molecule has 0 bridgehead atoms. The van der Waals surface area contributed by atoms with Crippen molar-refractivity contribution in [1.29, 1.82) is 0 Å². The summed E-state index contributed by atoms with van der Waals surface area (Å²) in [7, 11) is 1.99. The van der Waals surface area contributed by atoms with Crippen LogP contribution in [0.4, 0.5) is 11.9 Å². The lowest BCUT2D eigenvalue weighted by atomic mass is 10.2. The second kappa shape index (κ2) is 6.25. The lowest BCUT2D eigenvalue weighted by Gasteiger charge is -2.24. The zero-order chi connectivity index (χ0) is 13.8. The summed E-state index contributed by atoms with van der Waals surface area (Å²) < 4.78 is 5.52. The lowest BCUT2D eigenvalue weighted by molar-refractivity contribution is 0.222. The Bertz CT molecular complexity index is 424. The van der Waals surface area contributed by atoms with Gasteiger partial charge in [0.15, 0.2) is 0 Å². The third-order valence-electron chi connectivity index (χ3n) is 2.84. The summed E-state index contributed by atoms with van der Waals surface area (Å²) in [5.41, 5.74) is 2.45. The van der Waals surface area contributed by atoms with Crippen molar-refractivity contribution < 1.29 is 4.74 Å². The van der Waals surface area contributed by atoms with E-state index in [0.717, 1.165) is 12.2 Å². The highest BCUT2D eigenvalue weighted by atomic mass is 32.2. The Labute approximate surface area is 117 Å². The number of rotatable bonds is 5. The Morgan fingerprint density at radius 2 is 2.21 bits per heavy atom. The van der Waals surface area contributed by atoms with Crippen molar-refractivity contribution >= 4 is 23.7 Å². The predicted octanol–water partition coefficient (Wildman–Crippen LogP) is 0.886. The van der Waals surface area contributed by atoms with Crippen molar-refractivity contribution in [1.82, 2.24) is 15.0 Å². The Morgan fingerprint density at radius 1 is 1.42 bits per heavy atom. The second-order valence-corrected chi connectivity index (χ2v) is 5.83. The molecule has 8 heteroatoms. The smallest absolute Gasteiger partial charge is 0.323 e. The molecule has 0 aromatic carbocycles. The molecule has 0 saturated carbocycles.